The van der Waals surface area contributed by atoms with E-state index in [9.17, 15) is 9.59 Å². The zero-order chi connectivity index (χ0) is 29.1. The van der Waals surface area contributed by atoms with E-state index < -0.39 is 5.25 Å². The van der Waals surface area contributed by atoms with Crippen LogP contribution in [0.1, 0.15) is 23.3 Å². The van der Waals surface area contributed by atoms with Crippen molar-refractivity contribution in [3.8, 4) is 17.0 Å². The molecule has 0 radical (unpaired) electrons. The number of nitrogens with zero attached hydrogens (tertiary/aromatic N) is 1. The lowest BCUT2D eigenvalue weighted by Crippen LogP contribution is -2.19. The molecular formula is C34H29N3O3S2. The smallest absolute Gasteiger partial charge is 0.248 e. The Hall–Kier alpha value is -4.66. The van der Waals surface area contributed by atoms with Crippen LogP contribution in [0.4, 0.5) is 10.8 Å². The van der Waals surface area contributed by atoms with Crippen molar-refractivity contribution in [2.24, 2.45) is 0 Å². The first-order valence-electron chi connectivity index (χ1n) is 13.4. The first-order valence-corrected chi connectivity index (χ1v) is 15.2. The Morgan fingerprint density at radius 2 is 1.57 bits per heavy atom. The van der Waals surface area contributed by atoms with Gasteiger partial charge in [-0.2, -0.15) is 0 Å². The molecule has 0 aliphatic heterocycles. The maximum Gasteiger partial charge on any atom is 0.248 e. The van der Waals surface area contributed by atoms with Gasteiger partial charge in [-0.15, -0.1) is 23.1 Å². The van der Waals surface area contributed by atoms with Gasteiger partial charge in [0.05, 0.1) is 12.3 Å². The molecule has 2 N–H and O–H groups in total. The summed E-state index contributed by atoms with van der Waals surface area (Å²) in [6, 6.07) is 34.5. The van der Waals surface area contributed by atoms with Crippen LogP contribution in [0.15, 0.2) is 126 Å². The molecule has 1 atom stereocenters. The molecule has 210 valence electrons. The lowest BCUT2D eigenvalue weighted by molar-refractivity contribution is -0.116. The quantitative estimate of drug-likeness (QED) is 0.119. The van der Waals surface area contributed by atoms with Gasteiger partial charge in [0, 0.05) is 27.6 Å². The highest BCUT2D eigenvalue weighted by molar-refractivity contribution is 8.00. The van der Waals surface area contributed by atoms with Crippen molar-refractivity contribution in [3.05, 3.63) is 132 Å². The normalized spacial score (nSPS) is 11.6. The zero-order valence-electron chi connectivity index (χ0n) is 22.9. The molecule has 0 spiro atoms. The number of thioether (sulfide) groups is 1. The molecule has 0 saturated heterocycles. The second kappa shape index (κ2) is 14.3. The van der Waals surface area contributed by atoms with E-state index in [0.717, 1.165) is 33.0 Å². The van der Waals surface area contributed by atoms with Gasteiger partial charge in [-0.3, -0.25) is 9.59 Å². The summed E-state index contributed by atoms with van der Waals surface area (Å²) in [6.45, 7) is 2.56. The maximum absolute atomic E-state index is 13.5. The predicted octanol–water partition coefficient (Wildman–Crippen LogP) is 8.33. The SMILES string of the molecule is CCOc1ccc(-c2csc(NC(=O)C(Sc3ccc(NC(=O)/C=C/c4ccccc4)cc3)c3ccccc3)n2)cc1. The Morgan fingerprint density at radius 1 is 0.881 bits per heavy atom. The monoisotopic (exact) mass is 591 g/mol. The first kappa shape index (κ1) is 28.9. The predicted molar refractivity (Wildman–Crippen MR) is 173 cm³/mol. The van der Waals surface area contributed by atoms with E-state index in [-0.39, 0.29) is 11.8 Å². The summed E-state index contributed by atoms with van der Waals surface area (Å²) in [5.41, 5.74) is 4.25. The summed E-state index contributed by atoms with van der Waals surface area (Å²) >= 11 is 2.82. The molecule has 0 fully saturated rings. The summed E-state index contributed by atoms with van der Waals surface area (Å²) in [4.78, 5) is 31.4. The highest BCUT2D eigenvalue weighted by atomic mass is 32.2. The number of hydrogen-bond donors (Lipinski definition) is 2. The molecule has 0 aliphatic rings. The molecule has 1 aromatic heterocycles. The number of aromatic nitrogens is 1. The number of nitrogens with one attached hydrogen (secondary N) is 2. The Morgan fingerprint density at radius 3 is 2.26 bits per heavy atom. The lowest BCUT2D eigenvalue weighted by atomic mass is 10.1. The van der Waals surface area contributed by atoms with Crippen LogP contribution in [0.3, 0.4) is 0 Å². The number of anilines is 2. The number of hydrogen-bond acceptors (Lipinski definition) is 6. The number of amides is 2. The van der Waals surface area contributed by atoms with Crippen molar-refractivity contribution >= 4 is 51.8 Å². The third-order valence-electron chi connectivity index (χ3n) is 6.14. The summed E-state index contributed by atoms with van der Waals surface area (Å²) in [6.07, 6.45) is 3.28. The molecule has 6 nitrogen and oxygen atoms in total. The Balaban J connectivity index is 1.25. The van der Waals surface area contributed by atoms with Gasteiger partial charge in [-0.25, -0.2) is 4.98 Å². The fourth-order valence-corrected chi connectivity index (χ4v) is 5.84. The number of benzene rings is 4. The van der Waals surface area contributed by atoms with E-state index in [1.54, 1.807) is 6.08 Å². The molecule has 0 aliphatic carbocycles. The molecule has 8 heteroatoms. The third-order valence-corrected chi connectivity index (χ3v) is 8.16. The van der Waals surface area contributed by atoms with Gasteiger partial charge in [-0.05, 0) is 72.7 Å². The lowest BCUT2D eigenvalue weighted by Gasteiger charge is -2.16. The third kappa shape index (κ3) is 7.96. The van der Waals surface area contributed by atoms with Crippen molar-refractivity contribution in [2.75, 3.05) is 17.2 Å². The Bertz CT molecular complexity index is 1640. The van der Waals surface area contributed by atoms with E-state index in [0.29, 0.717) is 17.4 Å². The van der Waals surface area contributed by atoms with Gasteiger partial charge in [0.15, 0.2) is 5.13 Å². The molecule has 42 heavy (non-hydrogen) atoms. The molecule has 2 amide bonds. The molecule has 0 bridgehead atoms. The minimum atomic E-state index is -0.502. The van der Waals surface area contributed by atoms with Gasteiger partial charge in [0.1, 0.15) is 11.0 Å². The average molecular weight is 592 g/mol. The van der Waals surface area contributed by atoms with E-state index in [1.165, 1.54) is 29.2 Å². The molecule has 5 rings (SSSR count). The summed E-state index contributed by atoms with van der Waals surface area (Å²) in [5.74, 6) is 0.430. The van der Waals surface area contributed by atoms with Crippen LogP contribution in [0.2, 0.25) is 0 Å². The second-order valence-corrected chi connectivity index (χ2v) is 11.2. The van der Waals surface area contributed by atoms with Crippen LogP contribution in [0.25, 0.3) is 17.3 Å². The van der Waals surface area contributed by atoms with E-state index in [2.05, 4.69) is 15.6 Å². The van der Waals surface area contributed by atoms with Gasteiger partial charge >= 0.3 is 0 Å². The number of ether oxygens (including phenoxy) is 1. The van der Waals surface area contributed by atoms with Crippen molar-refractivity contribution in [3.63, 3.8) is 0 Å². The van der Waals surface area contributed by atoms with Crippen LogP contribution in [0, 0.1) is 0 Å². The van der Waals surface area contributed by atoms with Gasteiger partial charge in [0.2, 0.25) is 11.8 Å². The summed E-state index contributed by atoms with van der Waals surface area (Å²) in [5, 5.41) is 7.84. The second-order valence-electron chi connectivity index (χ2n) is 9.15. The van der Waals surface area contributed by atoms with Crippen LogP contribution in [-0.2, 0) is 9.59 Å². The Kier molecular flexibility index (Phi) is 9.82. The van der Waals surface area contributed by atoms with Crippen molar-refractivity contribution < 1.29 is 14.3 Å². The highest BCUT2D eigenvalue weighted by Gasteiger charge is 2.23. The summed E-state index contributed by atoms with van der Waals surface area (Å²) in [7, 11) is 0. The van der Waals surface area contributed by atoms with Crippen molar-refractivity contribution in [1.82, 2.24) is 4.98 Å². The average Bonchev–Trinajstić information content (AvgIpc) is 3.49. The maximum atomic E-state index is 13.5. The Labute approximate surface area is 253 Å². The van der Waals surface area contributed by atoms with Crippen LogP contribution in [-0.4, -0.2) is 23.4 Å². The minimum absolute atomic E-state index is 0.165. The minimum Gasteiger partial charge on any atom is -0.494 e. The number of carbonyl (C=O) groups is 2. The largest absolute Gasteiger partial charge is 0.494 e. The molecule has 4 aromatic carbocycles. The molecule has 5 aromatic rings. The van der Waals surface area contributed by atoms with Crippen LogP contribution in [0.5, 0.6) is 5.75 Å². The fraction of sp³-hybridized carbons (Fsp3) is 0.0882. The van der Waals surface area contributed by atoms with Crippen LogP contribution >= 0.6 is 23.1 Å². The van der Waals surface area contributed by atoms with Crippen molar-refractivity contribution in [2.45, 2.75) is 17.1 Å². The van der Waals surface area contributed by atoms with E-state index >= 15 is 0 Å². The standard InChI is InChI=1S/C34H29N3O3S2/c1-2-40-28-18-14-25(15-19-28)30-23-41-34(36-30)37-33(39)32(26-11-7-4-8-12-26)42-29-20-16-27(17-21-29)35-31(38)22-13-24-9-5-3-6-10-24/h3-23,32H,2H2,1H3,(H,35,38)(H,36,37,39)/b22-13+. The number of carbonyl (C=O) groups excluding carboxylic acids is 2. The van der Waals surface area contributed by atoms with Gasteiger partial charge < -0.3 is 15.4 Å². The molecule has 0 saturated carbocycles. The number of thiazole rings is 1. The molecular weight excluding hydrogens is 563 g/mol. The summed E-state index contributed by atoms with van der Waals surface area (Å²) < 4.78 is 5.52. The van der Waals surface area contributed by atoms with Crippen molar-refractivity contribution in [1.29, 1.82) is 0 Å². The highest BCUT2D eigenvalue weighted by Crippen LogP contribution is 2.37. The van der Waals surface area contributed by atoms with Gasteiger partial charge in [-0.1, -0.05) is 60.7 Å². The zero-order valence-corrected chi connectivity index (χ0v) is 24.5. The topological polar surface area (TPSA) is 80.3 Å². The van der Waals surface area contributed by atoms with Gasteiger partial charge in [0.25, 0.3) is 0 Å². The molecule has 1 unspecified atom stereocenters. The van der Waals surface area contributed by atoms with Crippen LogP contribution < -0.4 is 15.4 Å². The first-order chi connectivity index (χ1) is 20.6. The van der Waals surface area contributed by atoms with E-state index in [1.807, 2.05) is 121 Å². The number of rotatable bonds is 11. The molecule has 1 heterocycles. The van der Waals surface area contributed by atoms with E-state index in [4.69, 9.17) is 4.74 Å². The fourth-order valence-electron chi connectivity index (χ4n) is 4.10.